The van der Waals surface area contributed by atoms with Gasteiger partial charge >= 0.3 is 0 Å². The zero-order valence-electron chi connectivity index (χ0n) is 9.83. The van der Waals surface area contributed by atoms with Crippen molar-refractivity contribution >= 4 is 5.91 Å². The van der Waals surface area contributed by atoms with Gasteiger partial charge in [0.05, 0.1) is 6.54 Å². The molecule has 1 saturated heterocycles. The van der Waals surface area contributed by atoms with E-state index in [1.54, 1.807) is 6.08 Å². The van der Waals surface area contributed by atoms with E-state index in [2.05, 4.69) is 25.7 Å². The lowest BCUT2D eigenvalue weighted by atomic mass is 9.92. The van der Waals surface area contributed by atoms with E-state index in [4.69, 9.17) is 0 Å². The fourth-order valence-electron chi connectivity index (χ4n) is 2.07. The van der Waals surface area contributed by atoms with Crippen molar-refractivity contribution in [3.63, 3.8) is 0 Å². The molecule has 1 N–H and O–H groups in total. The highest BCUT2D eigenvalue weighted by molar-refractivity contribution is 5.78. The van der Waals surface area contributed by atoms with Crippen molar-refractivity contribution in [3.05, 3.63) is 12.7 Å². The van der Waals surface area contributed by atoms with Gasteiger partial charge in [-0.15, -0.1) is 6.58 Å². The van der Waals surface area contributed by atoms with Crippen molar-refractivity contribution in [3.8, 4) is 0 Å². The minimum Gasteiger partial charge on any atom is -0.339 e. The van der Waals surface area contributed by atoms with Crippen molar-refractivity contribution in [2.75, 3.05) is 19.6 Å². The number of hydrogen-bond acceptors (Lipinski definition) is 2. The van der Waals surface area contributed by atoms with Crippen molar-refractivity contribution < 1.29 is 4.79 Å². The van der Waals surface area contributed by atoms with Crippen LogP contribution in [0.3, 0.4) is 0 Å². The number of nitrogens with one attached hydrogen (secondary N) is 1. The van der Waals surface area contributed by atoms with Crippen molar-refractivity contribution in [1.82, 2.24) is 10.2 Å². The third-order valence-electron chi connectivity index (χ3n) is 3.26. The number of carbonyl (C=O) groups excluding carboxylic acids is 1. The van der Waals surface area contributed by atoms with E-state index >= 15 is 0 Å². The molecule has 15 heavy (non-hydrogen) atoms. The Morgan fingerprint density at radius 1 is 1.60 bits per heavy atom. The molecule has 86 valence electrons. The van der Waals surface area contributed by atoms with Crippen molar-refractivity contribution in [1.29, 1.82) is 0 Å². The van der Waals surface area contributed by atoms with Crippen LogP contribution in [0.2, 0.25) is 0 Å². The van der Waals surface area contributed by atoms with E-state index in [1.165, 1.54) is 6.42 Å². The Bertz CT molecular complexity index is 228. The Morgan fingerprint density at radius 3 is 3.00 bits per heavy atom. The lowest BCUT2D eigenvalue weighted by molar-refractivity contribution is -0.134. The van der Waals surface area contributed by atoms with Gasteiger partial charge in [-0.1, -0.05) is 13.0 Å². The fourth-order valence-corrected chi connectivity index (χ4v) is 2.07. The third kappa shape index (κ3) is 3.34. The van der Waals surface area contributed by atoms with Crippen LogP contribution in [0.1, 0.15) is 26.7 Å². The summed E-state index contributed by atoms with van der Waals surface area (Å²) in [5.41, 5.74) is 0. The normalized spacial score (nSPS) is 26.4. The second-order valence-corrected chi connectivity index (χ2v) is 4.37. The van der Waals surface area contributed by atoms with E-state index in [9.17, 15) is 4.79 Å². The van der Waals surface area contributed by atoms with Crippen LogP contribution in [0, 0.1) is 5.92 Å². The molecule has 1 aliphatic heterocycles. The smallest absolute Gasteiger partial charge is 0.236 e. The molecule has 0 radical (unpaired) electrons. The van der Waals surface area contributed by atoms with Gasteiger partial charge in [0.1, 0.15) is 0 Å². The molecule has 0 saturated carbocycles. The van der Waals surface area contributed by atoms with Gasteiger partial charge in [0.25, 0.3) is 0 Å². The van der Waals surface area contributed by atoms with Gasteiger partial charge in [-0.25, -0.2) is 0 Å². The molecular weight excluding hydrogens is 188 g/mol. The Balaban J connectivity index is 2.40. The minimum absolute atomic E-state index is 0.218. The molecule has 1 heterocycles. The average molecular weight is 210 g/mol. The first-order chi connectivity index (χ1) is 7.16. The first-order valence-electron chi connectivity index (χ1n) is 5.78. The molecule has 0 bridgehead atoms. The van der Waals surface area contributed by atoms with Crippen LogP contribution in [0.5, 0.6) is 0 Å². The van der Waals surface area contributed by atoms with Crippen LogP contribution in [0.4, 0.5) is 0 Å². The number of piperidine rings is 1. The Hall–Kier alpha value is -0.830. The zero-order chi connectivity index (χ0) is 11.3. The van der Waals surface area contributed by atoms with Crippen molar-refractivity contribution in [2.24, 2.45) is 5.92 Å². The topological polar surface area (TPSA) is 32.3 Å². The van der Waals surface area contributed by atoms with Gasteiger partial charge in [0.2, 0.25) is 5.91 Å². The van der Waals surface area contributed by atoms with Crippen molar-refractivity contribution in [2.45, 2.75) is 32.7 Å². The van der Waals surface area contributed by atoms with Gasteiger partial charge in [-0.05, 0) is 25.7 Å². The lowest BCUT2D eigenvalue weighted by Crippen LogP contribution is -2.49. The maximum Gasteiger partial charge on any atom is 0.236 e. The Kier molecular flexibility index (Phi) is 4.82. The van der Waals surface area contributed by atoms with E-state index in [-0.39, 0.29) is 5.91 Å². The predicted molar refractivity (Wildman–Crippen MR) is 62.6 cm³/mol. The fraction of sp³-hybridized carbons (Fsp3) is 0.750. The zero-order valence-corrected chi connectivity index (χ0v) is 9.83. The maximum atomic E-state index is 11.9. The quantitative estimate of drug-likeness (QED) is 0.562. The Labute approximate surface area is 92.5 Å². The van der Waals surface area contributed by atoms with Gasteiger partial charge < -0.3 is 10.2 Å². The molecular formula is C12H22N2O. The van der Waals surface area contributed by atoms with E-state index in [0.29, 0.717) is 25.0 Å². The maximum absolute atomic E-state index is 11.9. The first kappa shape index (κ1) is 12.2. The minimum atomic E-state index is 0.218. The van der Waals surface area contributed by atoms with E-state index < -0.39 is 0 Å². The molecule has 2 unspecified atom stereocenters. The summed E-state index contributed by atoms with van der Waals surface area (Å²) < 4.78 is 0. The van der Waals surface area contributed by atoms with Crippen LogP contribution in [0.15, 0.2) is 12.7 Å². The molecule has 1 aliphatic rings. The molecule has 0 spiro atoms. The largest absolute Gasteiger partial charge is 0.339 e. The van der Waals surface area contributed by atoms with E-state index in [1.807, 2.05) is 4.90 Å². The Morgan fingerprint density at radius 2 is 2.33 bits per heavy atom. The van der Waals surface area contributed by atoms with Crippen LogP contribution in [-0.4, -0.2) is 36.5 Å². The van der Waals surface area contributed by atoms with Crippen LogP contribution in [0.25, 0.3) is 0 Å². The van der Waals surface area contributed by atoms with Gasteiger partial charge in [0.15, 0.2) is 0 Å². The van der Waals surface area contributed by atoms with Gasteiger partial charge in [-0.3, -0.25) is 4.79 Å². The monoisotopic (exact) mass is 210 g/mol. The summed E-state index contributed by atoms with van der Waals surface area (Å²) in [4.78, 5) is 13.9. The number of rotatable bonds is 4. The highest BCUT2D eigenvalue weighted by Crippen LogP contribution is 2.22. The number of nitrogens with zero attached hydrogens (tertiary/aromatic N) is 1. The number of carbonyl (C=O) groups is 1. The van der Waals surface area contributed by atoms with E-state index in [0.717, 1.165) is 13.0 Å². The van der Waals surface area contributed by atoms with Gasteiger partial charge in [-0.2, -0.15) is 0 Å². The summed E-state index contributed by atoms with van der Waals surface area (Å²) in [6.45, 7) is 10.0. The molecule has 3 heteroatoms. The van der Waals surface area contributed by atoms with Crippen LogP contribution < -0.4 is 5.32 Å². The van der Waals surface area contributed by atoms with Gasteiger partial charge in [0, 0.05) is 19.1 Å². The lowest BCUT2D eigenvalue weighted by Gasteiger charge is -2.38. The molecule has 0 aromatic heterocycles. The summed E-state index contributed by atoms with van der Waals surface area (Å²) in [6, 6.07) is 0.386. The van der Waals surface area contributed by atoms with Crippen LogP contribution >= 0.6 is 0 Å². The predicted octanol–water partition coefficient (Wildman–Crippen LogP) is 1.41. The standard InChI is InChI=1S/C12H22N2O/c1-4-7-13-9-12(15)14-8-5-6-10(2)11(14)3/h4,10-11,13H,1,5-9H2,2-3H3. The highest BCUT2D eigenvalue weighted by atomic mass is 16.2. The second-order valence-electron chi connectivity index (χ2n) is 4.37. The first-order valence-corrected chi connectivity index (χ1v) is 5.78. The third-order valence-corrected chi connectivity index (χ3v) is 3.26. The molecule has 3 nitrogen and oxygen atoms in total. The summed E-state index contributed by atoms with van der Waals surface area (Å²) in [5, 5.41) is 3.06. The average Bonchev–Trinajstić information content (AvgIpc) is 2.22. The molecule has 0 aliphatic carbocycles. The second kappa shape index (κ2) is 5.91. The molecule has 2 atom stereocenters. The molecule has 0 aromatic rings. The number of hydrogen-bond donors (Lipinski definition) is 1. The summed E-state index contributed by atoms with van der Waals surface area (Å²) >= 11 is 0. The highest BCUT2D eigenvalue weighted by Gasteiger charge is 2.27. The number of amides is 1. The number of likely N-dealkylation sites (tertiary alicyclic amines) is 1. The summed E-state index contributed by atoms with van der Waals surface area (Å²) in [5.74, 6) is 0.845. The van der Waals surface area contributed by atoms with Crippen LogP contribution in [-0.2, 0) is 4.79 Å². The SMILES string of the molecule is C=CCNCC(=O)N1CCCC(C)C1C. The summed E-state index contributed by atoms with van der Waals surface area (Å²) in [6.07, 6.45) is 4.15. The molecule has 0 aromatic carbocycles. The molecule has 1 amide bonds. The molecule has 1 rings (SSSR count). The molecule has 1 fully saturated rings. The summed E-state index contributed by atoms with van der Waals surface area (Å²) in [7, 11) is 0.